The Morgan fingerprint density at radius 2 is 1.58 bits per heavy atom. The maximum absolute atomic E-state index is 13.4. The van der Waals surface area contributed by atoms with Gasteiger partial charge in [0.2, 0.25) is 5.91 Å². The number of rotatable bonds is 6. The lowest BCUT2D eigenvalue weighted by atomic mass is 9.87. The zero-order valence-electron chi connectivity index (χ0n) is 18.1. The van der Waals surface area contributed by atoms with E-state index in [-0.39, 0.29) is 11.9 Å². The van der Waals surface area contributed by atoms with Crippen molar-refractivity contribution < 1.29 is 19.0 Å². The Balaban J connectivity index is 1.71. The zero-order valence-corrected chi connectivity index (χ0v) is 18.1. The molecule has 0 N–H and O–H groups in total. The van der Waals surface area contributed by atoms with Gasteiger partial charge in [0.05, 0.1) is 33.8 Å². The molecule has 0 saturated carbocycles. The van der Waals surface area contributed by atoms with Crippen LogP contribution in [0.3, 0.4) is 0 Å². The van der Waals surface area contributed by atoms with Crippen LogP contribution in [0.15, 0.2) is 66.7 Å². The van der Waals surface area contributed by atoms with Gasteiger partial charge >= 0.3 is 0 Å². The average Bonchev–Trinajstić information content (AvgIpc) is 2.83. The lowest BCUT2D eigenvalue weighted by molar-refractivity contribution is -0.132. The second kappa shape index (κ2) is 9.13. The molecule has 1 aliphatic rings. The summed E-state index contributed by atoms with van der Waals surface area (Å²) >= 11 is 0. The van der Waals surface area contributed by atoms with Gasteiger partial charge in [-0.15, -0.1) is 0 Å². The van der Waals surface area contributed by atoms with Crippen molar-refractivity contribution in [3.63, 3.8) is 0 Å². The summed E-state index contributed by atoms with van der Waals surface area (Å²) < 4.78 is 16.3. The Bertz CT molecular complexity index is 1050. The van der Waals surface area contributed by atoms with Crippen LogP contribution in [-0.2, 0) is 17.6 Å². The number of hydrogen-bond acceptors (Lipinski definition) is 4. The molecular formula is C26H27NO4. The second-order valence-corrected chi connectivity index (χ2v) is 7.58. The van der Waals surface area contributed by atoms with E-state index in [1.54, 1.807) is 21.3 Å². The summed E-state index contributed by atoms with van der Waals surface area (Å²) in [7, 11) is 4.92. The molecule has 31 heavy (non-hydrogen) atoms. The highest BCUT2D eigenvalue weighted by molar-refractivity contribution is 5.80. The molecule has 3 aromatic carbocycles. The van der Waals surface area contributed by atoms with Gasteiger partial charge in [0, 0.05) is 6.54 Å². The molecule has 1 atom stereocenters. The summed E-state index contributed by atoms with van der Waals surface area (Å²) in [5, 5.41) is 0. The topological polar surface area (TPSA) is 48.0 Å². The van der Waals surface area contributed by atoms with Gasteiger partial charge in [-0.25, -0.2) is 0 Å². The van der Waals surface area contributed by atoms with Gasteiger partial charge in [-0.3, -0.25) is 4.79 Å². The van der Waals surface area contributed by atoms with Crippen molar-refractivity contribution in [1.82, 2.24) is 4.90 Å². The molecule has 0 fully saturated rings. The van der Waals surface area contributed by atoms with Crippen molar-refractivity contribution >= 4 is 5.91 Å². The van der Waals surface area contributed by atoms with Crippen LogP contribution >= 0.6 is 0 Å². The maximum atomic E-state index is 13.4. The molecule has 5 heteroatoms. The summed E-state index contributed by atoms with van der Waals surface area (Å²) in [4.78, 5) is 15.4. The van der Waals surface area contributed by atoms with Crippen LogP contribution in [0.4, 0.5) is 0 Å². The van der Waals surface area contributed by atoms with Gasteiger partial charge in [0.15, 0.2) is 11.5 Å². The predicted octanol–water partition coefficient (Wildman–Crippen LogP) is 4.43. The first kappa shape index (κ1) is 20.8. The van der Waals surface area contributed by atoms with Crippen LogP contribution in [0.25, 0.3) is 0 Å². The molecular weight excluding hydrogens is 390 g/mol. The van der Waals surface area contributed by atoms with Crippen molar-refractivity contribution in [2.75, 3.05) is 27.9 Å². The third-order valence-electron chi connectivity index (χ3n) is 5.82. The first-order valence-electron chi connectivity index (χ1n) is 10.4. The molecule has 0 saturated heterocycles. The zero-order chi connectivity index (χ0) is 21.8. The maximum Gasteiger partial charge on any atom is 0.227 e. The standard InChI is InChI=1S/C26H27NO4/c1-29-21-11-9-18(10-12-21)15-25(28)27-14-13-20-16-23(30-2)24(31-3)17-22(20)26(27)19-7-5-4-6-8-19/h4-12,16-17,26H,13-15H2,1-3H3. The molecule has 0 bridgehead atoms. The van der Waals surface area contributed by atoms with Gasteiger partial charge in [-0.1, -0.05) is 42.5 Å². The molecule has 1 unspecified atom stereocenters. The third-order valence-corrected chi connectivity index (χ3v) is 5.82. The Hall–Kier alpha value is -3.47. The number of carbonyl (C=O) groups excluding carboxylic acids is 1. The molecule has 1 amide bonds. The highest BCUT2D eigenvalue weighted by Gasteiger charge is 2.33. The fourth-order valence-corrected chi connectivity index (χ4v) is 4.23. The summed E-state index contributed by atoms with van der Waals surface area (Å²) in [6.07, 6.45) is 1.11. The molecule has 0 radical (unpaired) electrons. The van der Waals surface area contributed by atoms with Crippen molar-refractivity contribution in [1.29, 1.82) is 0 Å². The van der Waals surface area contributed by atoms with Crippen LogP contribution in [0, 0.1) is 0 Å². The van der Waals surface area contributed by atoms with Gasteiger partial charge in [-0.2, -0.15) is 0 Å². The number of benzene rings is 3. The van der Waals surface area contributed by atoms with Gasteiger partial charge in [0.25, 0.3) is 0 Å². The number of nitrogens with zero attached hydrogens (tertiary/aromatic N) is 1. The summed E-state index contributed by atoms with van der Waals surface area (Å²) in [6, 6.07) is 21.7. The summed E-state index contributed by atoms with van der Waals surface area (Å²) in [6.45, 7) is 0.650. The minimum atomic E-state index is -0.171. The summed E-state index contributed by atoms with van der Waals surface area (Å²) in [5.41, 5.74) is 4.31. The minimum Gasteiger partial charge on any atom is -0.497 e. The van der Waals surface area contributed by atoms with Crippen LogP contribution in [-0.4, -0.2) is 38.7 Å². The summed E-state index contributed by atoms with van der Waals surface area (Å²) in [5.74, 6) is 2.27. The number of carbonyl (C=O) groups is 1. The number of amides is 1. The number of fused-ring (bicyclic) bond motifs is 1. The predicted molar refractivity (Wildman–Crippen MR) is 120 cm³/mol. The van der Waals surface area contributed by atoms with E-state index in [1.165, 1.54) is 5.56 Å². The van der Waals surface area contributed by atoms with Crippen LogP contribution in [0.5, 0.6) is 17.2 Å². The molecule has 0 aromatic heterocycles. The quantitative estimate of drug-likeness (QED) is 0.595. The van der Waals surface area contributed by atoms with E-state index >= 15 is 0 Å². The van der Waals surface area contributed by atoms with E-state index < -0.39 is 0 Å². The SMILES string of the molecule is COc1ccc(CC(=O)N2CCc3cc(OC)c(OC)cc3C2c2ccccc2)cc1. The van der Waals surface area contributed by atoms with Crippen LogP contribution in [0.2, 0.25) is 0 Å². The lowest BCUT2D eigenvalue weighted by Crippen LogP contribution is -2.41. The molecule has 160 valence electrons. The van der Waals surface area contributed by atoms with Crippen molar-refractivity contribution in [2.24, 2.45) is 0 Å². The first-order chi connectivity index (χ1) is 15.1. The minimum absolute atomic E-state index is 0.0967. The molecule has 0 spiro atoms. The Kier molecular flexibility index (Phi) is 6.12. The van der Waals surface area contributed by atoms with Gasteiger partial charge in [-0.05, 0) is 52.9 Å². The van der Waals surface area contributed by atoms with Crippen molar-refractivity contribution in [3.05, 3.63) is 89.0 Å². The molecule has 4 rings (SSSR count). The highest BCUT2D eigenvalue weighted by Crippen LogP contribution is 2.41. The Labute approximate surface area is 183 Å². The highest BCUT2D eigenvalue weighted by atomic mass is 16.5. The van der Waals surface area contributed by atoms with E-state index in [0.717, 1.165) is 28.9 Å². The van der Waals surface area contributed by atoms with E-state index in [0.29, 0.717) is 24.5 Å². The smallest absolute Gasteiger partial charge is 0.227 e. The number of ether oxygens (including phenoxy) is 3. The van der Waals surface area contributed by atoms with E-state index in [2.05, 4.69) is 12.1 Å². The number of hydrogen-bond donors (Lipinski definition) is 0. The lowest BCUT2D eigenvalue weighted by Gasteiger charge is -2.38. The molecule has 1 heterocycles. The Morgan fingerprint density at radius 3 is 2.23 bits per heavy atom. The van der Waals surface area contributed by atoms with E-state index in [9.17, 15) is 4.79 Å². The molecule has 0 aliphatic carbocycles. The number of methoxy groups -OCH3 is 3. The largest absolute Gasteiger partial charge is 0.497 e. The van der Waals surface area contributed by atoms with Crippen molar-refractivity contribution in [3.8, 4) is 17.2 Å². The van der Waals surface area contributed by atoms with Gasteiger partial charge < -0.3 is 19.1 Å². The van der Waals surface area contributed by atoms with Crippen LogP contribution < -0.4 is 14.2 Å². The Morgan fingerprint density at radius 1 is 0.903 bits per heavy atom. The molecule has 5 nitrogen and oxygen atoms in total. The molecule has 1 aliphatic heterocycles. The first-order valence-corrected chi connectivity index (χ1v) is 10.4. The average molecular weight is 418 g/mol. The van der Waals surface area contributed by atoms with E-state index in [1.807, 2.05) is 59.5 Å². The van der Waals surface area contributed by atoms with Gasteiger partial charge in [0.1, 0.15) is 5.75 Å². The van der Waals surface area contributed by atoms with Crippen molar-refractivity contribution in [2.45, 2.75) is 18.9 Å². The van der Waals surface area contributed by atoms with E-state index in [4.69, 9.17) is 14.2 Å². The van der Waals surface area contributed by atoms with Crippen LogP contribution in [0.1, 0.15) is 28.3 Å². The monoisotopic (exact) mass is 417 g/mol. The third kappa shape index (κ3) is 4.22. The molecule has 3 aromatic rings. The normalized spacial score (nSPS) is 15.2. The fourth-order valence-electron chi connectivity index (χ4n) is 4.23. The fraction of sp³-hybridized carbons (Fsp3) is 0.269. The second-order valence-electron chi connectivity index (χ2n) is 7.58.